The Bertz CT molecular complexity index is 813. The molecule has 0 fully saturated rings. The van der Waals surface area contributed by atoms with Crippen LogP contribution in [0.3, 0.4) is 0 Å². The molecule has 0 saturated heterocycles. The molecule has 0 aromatic rings. The minimum absolute atomic E-state index is 0. The van der Waals surface area contributed by atoms with Gasteiger partial charge in [0.05, 0.1) is 0 Å². The molecule has 0 bridgehead atoms. The van der Waals surface area contributed by atoms with E-state index in [1.165, 1.54) is 0 Å². The monoisotopic (exact) mass is 548 g/mol. The standard InChI is InChI=1S/C12H10F12O7S.Na/c13-5(11(19,20)21)9(15,16)2-8(1-4(25)26,32(28,29)30)7(27)31-3-10(17,18)6(14)12(22,23)24;/h5-6H,1-3H2,(H,25,26)(H,28,29,30);/q;+1/p-1. The molecule has 0 saturated carbocycles. The van der Waals surface area contributed by atoms with Crippen molar-refractivity contribution in [3.63, 3.8) is 0 Å². The van der Waals surface area contributed by atoms with Crippen molar-refractivity contribution in [2.45, 2.75) is 54.1 Å². The van der Waals surface area contributed by atoms with Gasteiger partial charge in [-0.25, -0.2) is 17.6 Å². The number of halogens is 12. The van der Waals surface area contributed by atoms with Crippen molar-refractivity contribution in [3.8, 4) is 0 Å². The maximum Gasteiger partial charge on any atom is 1.00 e. The number of rotatable bonds is 10. The molecule has 0 heterocycles. The molecule has 1 N–H and O–H groups in total. The van der Waals surface area contributed by atoms with Crippen LogP contribution in [0.15, 0.2) is 0 Å². The van der Waals surface area contributed by atoms with E-state index >= 15 is 0 Å². The first kappa shape index (κ1) is 34.2. The van der Waals surface area contributed by atoms with Gasteiger partial charge in [-0.05, 0) is 0 Å². The first-order valence-electron chi connectivity index (χ1n) is 7.32. The normalized spacial score (nSPS) is 17.4. The summed E-state index contributed by atoms with van der Waals surface area (Å²) in [7, 11) is -6.72. The predicted molar refractivity (Wildman–Crippen MR) is 71.3 cm³/mol. The molecule has 3 unspecified atom stereocenters. The van der Waals surface area contributed by atoms with Crippen LogP contribution in [0.5, 0.6) is 0 Å². The number of ether oxygens (including phenoxy) is 1. The quantitative estimate of drug-likeness (QED) is 0.157. The van der Waals surface area contributed by atoms with E-state index in [1.54, 1.807) is 0 Å². The zero-order valence-corrected chi connectivity index (χ0v) is 18.4. The third-order valence-corrected chi connectivity index (χ3v) is 4.97. The van der Waals surface area contributed by atoms with Gasteiger partial charge in [-0.15, -0.1) is 0 Å². The summed E-state index contributed by atoms with van der Waals surface area (Å²) in [4.78, 5) is 22.4. The molecular weight excluding hydrogens is 539 g/mol. The number of alkyl halides is 12. The van der Waals surface area contributed by atoms with Crippen molar-refractivity contribution in [3.05, 3.63) is 0 Å². The maximum atomic E-state index is 13.7. The minimum atomic E-state index is -6.72. The number of carbonyl (C=O) groups excluding carboxylic acids is 2. The van der Waals surface area contributed by atoms with Gasteiger partial charge in [0.1, 0.15) is 0 Å². The molecule has 0 aliphatic rings. The van der Waals surface area contributed by atoms with E-state index in [9.17, 15) is 75.8 Å². The van der Waals surface area contributed by atoms with Gasteiger partial charge in [-0.1, -0.05) is 0 Å². The van der Waals surface area contributed by atoms with Gasteiger partial charge in [0.15, 0.2) is 6.61 Å². The third kappa shape index (κ3) is 8.62. The van der Waals surface area contributed by atoms with E-state index in [2.05, 4.69) is 4.74 Å². The summed E-state index contributed by atoms with van der Waals surface area (Å²) in [5, 5.41) is 10.6. The molecule has 0 amide bonds. The van der Waals surface area contributed by atoms with Crippen molar-refractivity contribution in [1.29, 1.82) is 0 Å². The minimum Gasteiger partial charge on any atom is -0.550 e. The molecule has 0 aromatic heterocycles. The van der Waals surface area contributed by atoms with Gasteiger partial charge in [-0.2, -0.15) is 43.5 Å². The third-order valence-electron chi connectivity index (χ3n) is 3.53. The largest absolute Gasteiger partial charge is 1.00 e. The van der Waals surface area contributed by atoms with Crippen LogP contribution in [0.1, 0.15) is 12.8 Å². The molecule has 21 heteroatoms. The van der Waals surface area contributed by atoms with Gasteiger partial charge in [0, 0.05) is 18.8 Å². The molecule has 190 valence electrons. The molecule has 0 aliphatic heterocycles. The zero-order chi connectivity index (χ0) is 26.1. The van der Waals surface area contributed by atoms with E-state index in [1.807, 2.05) is 0 Å². The second-order valence-electron chi connectivity index (χ2n) is 6.10. The second-order valence-corrected chi connectivity index (χ2v) is 7.83. The Morgan fingerprint density at radius 2 is 1.21 bits per heavy atom. The summed E-state index contributed by atoms with van der Waals surface area (Å²) in [6.07, 6.45) is -29.4. The summed E-state index contributed by atoms with van der Waals surface area (Å²) in [6, 6.07) is 0. The Kier molecular flexibility index (Phi) is 11.1. The van der Waals surface area contributed by atoms with Crippen LogP contribution >= 0.6 is 0 Å². The van der Waals surface area contributed by atoms with Crippen LogP contribution in [0.2, 0.25) is 0 Å². The summed E-state index contributed by atoms with van der Waals surface area (Å²) in [6.45, 7) is -3.11. The number of hydrogen-bond acceptors (Lipinski definition) is 6. The number of carbonyl (C=O) groups is 2. The molecule has 0 aromatic carbocycles. The fraction of sp³-hybridized carbons (Fsp3) is 0.833. The average Bonchev–Trinajstić information content (AvgIpc) is 2.54. The summed E-state index contributed by atoms with van der Waals surface area (Å²) in [5.74, 6) is -18.0. The zero-order valence-electron chi connectivity index (χ0n) is 15.6. The van der Waals surface area contributed by atoms with Gasteiger partial charge >= 0.3 is 53.8 Å². The summed E-state index contributed by atoms with van der Waals surface area (Å²) >= 11 is 0. The van der Waals surface area contributed by atoms with Gasteiger partial charge in [0.2, 0.25) is 4.75 Å². The summed E-state index contributed by atoms with van der Waals surface area (Å²) < 4.78 is 182. The van der Waals surface area contributed by atoms with Crippen molar-refractivity contribution >= 4 is 22.1 Å². The second kappa shape index (κ2) is 10.7. The Labute approximate surface area is 197 Å². The molecule has 0 aliphatic carbocycles. The van der Waals surface area contributed by atoms with Crippen molar-refractivity contribution < 1.29 is 115 Å². The van der Waals surface area contributed by atoms with Gasteiger partial charge in [-0.3, -0.25) is 9.35 Å². The SMILES string of the molecule is O=C([O-])CC(CC(F)(F)C(F)C(F)(F)F)(C(=O)OCC(F)(F)C(F)C(F)(F)F)S(=O)(=O)O.[Na+]. The van der Waals surface area contributed by atoms with E-state index in [0.29, 0.717) is 0 Å². The van der Waals surface area contributed by atoms with Crippen LogP contribution in [0, 0.1) is 0 Å². The van der Waals surface area contributed by atoms with E-state index < -0.39 is 82.8 Å². The Morgan fingerprint density at radius 3 is 1.52 bits per heavy atom. The molecule has 0 rings (SSSR count). The van der Waals surface area contributed by atoms with E-state index in [4.69, 9.17) is 4.55 Å². The van der Waals surface area contributed by atoms with E-state index in [0.717, 1.165) is 0 Å². The number of aliphatic carboxylic acids is 1. The molecule has 0 radical (unpaired) electrons. The molecule has 3 atom stereocenters. The van der Waals surface area contributed by atoms with Crippen molar-refractivity contribution in [2.75, 3.05) is 6.61 Å². The predicted octanol–water partition coefficient (Wildman–Crippen LogP) is -1.24. The fourth-order valence-electron chi connectivity index (χ4n) is 2.04. The average molecular weight is 548 g/mol. The Hall–Kier alpha value is -0.990. The Morgan fingerprint density at radius 1 is 0.848 bits per heavy atom. The first-order chi connectivity index (χ1) is 13.8. The Balaban J connectivity index is 0. The van der Waals surface area contributed by atoms with Crippen molar-refractivity contribution in [2.24, 2.45) is 0 Å². The van der Waals surface area contributed by atoms with Crippen LogP contribution in [-0.2, 0) is 24.4 Å². The maximum absolute atomic E-state index is 13.7. The number of carboxylic acid groups (broad SMARTS) is 1. The van der Waals surface area contributed by atoms with Crippen LogP contribution in [-0.4, -0.2) is 72.8 Å². The number of esters is 1. The first-order valence-corrected chi connectivity index (χ1v) is 8.76. The van der Waals surface area contributed by atoms with Gasteiger partial charge in [0.25, 0.3) is 28.4 Å². The molecule has 0 spiro atoms. The van der Waals surface area contributed by atoms with Crippen LogP contribution in [0.25, 0.3) is 0 Å². The fourth-order valence-corrected chi connectivity index (χ4v) is 2.99. The molecule has 7 nitrogen and oxygen atoms in total. The topological polar surface area (TPSA) is 121 Å². The number of carboxylic acids is 1. The van der Waals surface area contributed by atoms with Gasteiger partial charge < -0.3 is 14.6 Å². The molecule has 33 heavy (non-hydrogen) atoms. The summed E-state index contributed by atoms with van der Waals surface area (Å²) in [5.41, 5.74) is 0. The van der Waals surface area contributed by atoms with Crippen molar-refractivity contribution in [1.82, 2.24) is 0 Å². The van der Waals surface area contributed by atoms with E-state index in [-0.39, 0.29) is 29.6 Å². The van der Waals surface area contributed by atoms with Crippen LogP contribution in [0.4, 0.5) is 52.7 Å². The van der Waals surface area contributed by atoms with Crippen LogP contribution < -0.4 is 34.7 Å². The molecular formula is C12H9F12NaO7S. The smallest absolute Gasteiger partial charge is 0.550 e. The number of hydrogen-bond donors (Lipinski definition) is 1.